The zero-order valence-corrected chi connectivity index (χ0v) is 24.7. The SMILES string of the molecule is CCCCCCCCCCCCCCCC[N+](C)(C)CCCCCCCCCCCCC.[Cl-]. The fourth-order valence-corrected chi connectivity index (χ4v) is 5.05. The van der Waals surface area contributed by atoms with Gasteiger partial charge in [0.05, 0.1) is 27.2 Å². The first-order valence-corrected chi connectivity index (χ1v) is 15.4. The molecule has 2 heteroatoms. The van der Waals surface area contributed by atoms with Crippen LogP contribution in [0.1, 0.15) is 174 Å². The van der Waals surface area contributed by atoms with E-state index in [4.69, 9.17) is 0 Å². The summed E-state index contributed by atoms with van der Waals surface area (Å²) >= 11 is 0. The average Bonchev–Trinajstić information content (AvgIpc) is 2.77. The molecule has 0 aliphatic heterocycles. The van der Waals surface area contributed by atoms with Gasteiger partial charge in [0.2, 0.25) is 0 Å². The number of hydrogen-bond acceptors (Lipinski definition) is 0. The van der Waals surface area contributed by atoms with Crippen LogP contribution in [0.2, 0.25) is 0 Å². The molecule has 0 spiro atoms. The van der Waals surface area contributed by atoms with Crippen LogP contribution in [0, 0.1) is 0 Å². The summed E-state index contributed by atoms with van der Waals surface area (Å²) in [6.07, 6.45) is 36.5. The Morgan fingerprint density at radius 1 is 0.303 bits per heavy atom. The van der Waals surface area contributed by atoms with Crippen molar-refractivity contribution in [3.8, 4) is 0 Å². The normalized spacial score (nSPS) is 11.6. The molecular formula is C31H66ClN. The maximum Gasteiger partial charge on any atom is 0.0782 e. The number of halogens is 1. The van der Waals surface area contributed by atoms with Gasteiger partial charge in [-0.15, -0.1) is 0 Å². The molecule has 0 rings (SSSR count). The van der Waals surface area contributed by atoms with E-state index in [0.717, 1.165) is 0 Å². The second-order valence-corrected chi connectivity index (χ2v) is 11.5. The quantitative estimate of drug-likeness (QED) is 0.0816. The number of unbranched alkanes of at least 4 members (excludes halogenated alkanes) is 23. The molecule has 0 amide bonds. The van der Waals surface area contributed by atoms with E-state index in [1.165, 1.54) is 178 Å². The van der Waals surface area contributed by atoms with Crippen molar-refractivity contribution in [1.82, 2.24) is 0 Å². The van der Waals surface area contributed by atoms with Crippen molar-refractivity contribution in [1.29, 1.82) is 0 Å². The van der Waals surface area contributed by atoms with E-state index in [1.54, 1.807) is 0 Å². The Labute approximate surface area is 218 Å². The fraction of sp³-hybridized carbons (Fsp3) is 1.00. The molecule has 0 atom stereocenters. The molecule has 0 aliphatic rings. The molecule has 33 heavy (non-hydrogen) atoms. The summed E-state index contributed by atoms with van der Waals surface area (Å²) in [5.41, 5.74) is 0. The van der Waals surface area contributed by atoms with Crippen LogP contribution in [0.5, 0.6) is 0 Å². The summed E-state index contributed by atoms with van der Waals surface area (Å²) in [7, 11) is 4.91. The third-order valence-corrected chi connectivity index (χ3v) is 7.48. The predicted octanol–water partition coefficient (Wildman–Crippen LogP) is 7.86. The van der Waals surface area contributed by atoms with E-state index in [-0.39, 0.29) is 12.4 Å². The van der Waals surface area contributed by atoms with Crippen molar-refractivity contribution < 1.29 is 16.9 Å². The highest BCUT2D eigenvalue weighted by atomic mass is 35.5. The van der Waals surface area contributed by atoms with Gasteiger partial charge < -0.3 is 16.9 Å². The molecule has 0 heterocycles. The van der Waals surface area contributed by atoms with Gasteiger partial charge in [0.15, 0.2) is 0 Å². The highest BCUT2D eigenvalue weighted by molar-refractivity contribution is 4.51. The van der Waals surface area contributed by atoms with Crippen LogP contribution in [0.25, 0.3) is 0 Å². The number of quaternary nitrogens is 1. The summed E-state index contributed by atoms with van der Waals surface area (Å²) < 4.78 is 1.25. The Morgan fingerprint density at radius 3 is 0.697 bits per heavy atom. The summed E-state index contributed by atoms with van der Waals surface area (Å²) in [4.78, 5) is 0. The van der Waals surface area contributed by atoms with Crippen molar-refractivity contribution in [3.05, 3.63) is 0 Å². The molecule has 0 aromatic carbocycles. The van der Waals surface area contributed by atoms with Gasteiger partial charge in [-0.1, -0.05) is 149 Å². The van der Waals surface area contributed by atoms with Crippen LogP contribution in [-0.2, 0) is 0 Å². The van der Waals surface area contributed by atoms with Crippen molar-refractivity contribution in [2.75, 3.05) is 27.2 Å². The van der Waals surface area contributed by atoms with Crippen LogP contribution < -0.4 is 12.4 Å². The van der Waals surface area contributed by atoms with E-state index >= 15 is 0 Å². The van der Waals surface area contributed by atoms with Gasteiger partial charge >= 0.3 is 0 Å². The molecule has 0 unspecified atom stereocenters. The topological polar surface area (TPSA) is 0 Å². The first-order chi connectivity index (χ1) is 15.6. The lowest BCUT2D eigenvalue weighted by Crippen LogP contribution is -3.00. The number of hydrogen-bond donors (Lipinski definition) is 0. The van der Waals surface area contributed by atoms with E-state index in [2.05, 4.69) is 27.9 Å². The van der Waals surface area contributed by atoms with E-state index in [1.807, 2.05) is 0 Å². The standard InChI is InChI=1S/C31H66N.ClH/c1-5-7-9-11-13-15-17-18-19-21-23-25-27-29-31-32(3,4)30-28-26-24-22-20-16-14-12-10-8-6-2;/h5-31H2,1-4H3;1H/q+1;/p-1. The molecule has 202 valence electrons. The molecular weight excluding hydrogens is 422 g/mol. The predicted molar refractivity (Wildman–Crippen MR) is 149 cm³/mol. The maximum atomic E-state index is 2.46. The van der Waals surface area contributed by atoms with Crippen LogP contribution in [0.15, 0.2) is 0 Å². The third-order valence-electron chi connectivity index (χ3n) is 7.48. The van der Waals surface area contributed by atoms with Crippen molar-refractivity contribution >= 4 is 0 Å². The zero-order chi connectivity index (χ0) is 23.6. The van der Waals surface area contributed by atoms with E-state index in [0.29, 0.717) is 0 Å². The lowest BCUT2D eigenvalue weighted by molar-refractivity contribution is -0.890. The smallest absolute Gasteiger partial charge is 0.0782 e. The summed E-state index contributed by atoms with van der Waals surface area (Å²) in [6.45, 7) is 7.38. The second-order valence-electron chi connectivity index (χ2n) is 11.5. The lowest BCUT2D eigenvalue weighted by Gasteiger charge is -2.30. The third kappa shape index (κ3) is 30.2. The Morgan fingerprint density at radius 2 is 0.485 bits per heavy atom. The highest BCUT2D eigenvalue weighted by Crippen LogP contribution is 2.15. The van der Waals surface area contributed by atoms with E-state index in [9.17, 15) is 0 Å². The van der Waals surface area contributed by atoms with Gasteiger partial charge in [0.1, 0.15) is 0 Å². The Hall–Kier alpha value is 0.250. The summed E-state index contributed by atoms with van der Waals surface area (Å²) in [5, 5.41) is 0. The highest BCUT2D eigenvalue weighted by Gasteiger charge is 2.13. The number of nitrogens with zero attached hydrogens (tertiary/aromatic N) is 1. The minimum Gasteiger partial charge on any atom is -1.00 e. The Bertz CT molecular complexity index is 342. The zero-order valence-electron chi connectivity index (χ0n) is 23.9. The van der Waals surface area contributed by atoms with Gasteiger partial charge in [0, 0.05) is 0 Å². The van der Waals surface area contributed by atoms with Crippen LogP contribution in [0.3, 0.4) is 0 Å². The van der Waals surface area contributed by atoms with Gasteiger partial charge in [-0.3, -0.25) is 0 Å². The molecule has 0 N–H and O–H groups in total. The van der Waals surface area contributed by atoms with Gasteiger partial charge in [-0.2, -0.15) is 0 Å². The molecule has 0 aliphatic carbocycles. The van der Waals surface area contributed by atoms with Gasteiger partial charge in [-0.05, 0) is 25.7 Å². The van der Waals surface area contributed by atoms with Crippen molar-refractivity contribution in [3.63, 3.8) is 0 Å². The molecule has 0 aromatic rings. The molecule has 0 bridgehead atoms. The molecule has 0 aromatic heterocycles. The first-order valence-electron chi connectivity index (χ1n) is 15.4. The fourth-order valence-electron chi connectivity index (χ4n) is 5.05. The minimum absolute atomic E-state index is 0. The maximum absolute atomic E-state index is 2.46. The second kappa shape index (κ2) is 28.5. The van der Waals surface area contributed by atoms with Crippen LogP contribution in [0.4, 0.5) is 0 Å². The molecule has 0 fully saturated rings. The largest absolute Gasteiger partial charge is 1.00 e. The summed E-state index contributed by atoms with van der Waals surface area (Å²) in [5.74, 6) is 0. The summed E-state index contributed by atoms with van der Waals surface area (Å²) in [6, 6.07) is 0. The Kier molecular flexibility index (Phi) is 30.6. The van der Waals surface area contributed by atoms with Gasteiger partial charge in [-0.25, -0.2) is 0 Å². The Balaban J connectivity index is 0. The number of rotatable bonds is 27. The van der Waals surface area contributed by atoms with Crippen LogP contribution >= 0.6 is 0 Å². The molecule has 0 saturated carbocycles. The van der Waals surface area contributed by atoms with E-state index < -0.39 is 0 Å². The molecule has 0 radical (unpaired) electrons. The molecule has 1 nitrogen and oxygen atoms in total. The minimum atomic E-state index is 0. The molecule has 0 saturated heterocycles. The first kappa shape index (κ1) is 35.4. The monoisotopic (exact) mass is 487 g/mol. The van der Waals surface area contributed by atoms with Gasteiger partial charge in [0.25, 0.3) is 0 Å². The lowest BCUT2D eigenvalue weighted by atomic mass is 10.0. The van der Waals surface area contributed by atoms with Crippen molar-refractivity contribution in [2.45, 2.75) is 174 Å². The average molecular weight is 488 g/mol. The van der Waals surface area contributed by atoms with Crippen molar-refractivity contribution in [2.24, 2.45) is 0 Å². The van der Waals surface area contributed by atoms with Crippen LogP contribution in [-0.4, -0.2) is 31.7 Å².